The average Bonchev–Trinajstić information content (AvgIpc) is 2.89. The molecule has 3 heterocycles. The molecular weight excluding hydrogens is 463 g/mol. The number of hydrogen-bond donors (Lipinski definition) is 3. The standard InChI is InChI=1S/C25H35N6O3P/c1-3-30-10-12-31(13-11-30)14-16-35(34)20-7-5-19(6-8-20)21-17-22-23(25(33)29(2)18-27-22)24(28-21)26-9-4-15-32/h5-8,17-18,32,34H,3-4,9-16H2,1-2H3,(H,26,28). The van der Waals surface area contributed by atoms with E-state index in [-0.39, 0.29) is 12.2 Å². The molecule has 9 nitrogen and oxygen atoms in total. The number of hydrogen-bond acceptors (Lipinski definition) is 8. The first-order valence-corrected chi connectivity index (χ1v) is 13.7. The van der Waals surface area contributed by atoms with E-state index in [1.54, 1.807) is 7.05 Å². The largest absolute Gasteiger partial charge is 0.396 e. The van der Waals surface area contributed by atoms with Crippen LogP contribution in [-0.4, -0.2) is 92.9 Å². The minimum atomic E-state index is -1.22. The number of pyridine rings is 1. The lowest BCUT2D eigenvalue weighted by atomic mass is 10.1. The molecule has 3 N–H and O–H groups in total. The topological polar surface area (TPSA) is 107 Å². The maximum Gasteiger partial charge on any atom is 0.264 e. The molecule has 0 amide bonds. The zero-order valence-corrected chi connectivity index (χ0v) is 21.4. The molecule has 0 radical (unpaired) electrons. The maximum absolute atomic E-state index is 12.7. The fraction of sp³-hybridized carbons (Fsp3) is 0.480. The summed E-state index contributed by atoms with van der Waals surface area (Å²) in [5.74, 6) is 0.469. The summed E-state index contributed by atoms with van der Waals surface area (Å²) in [4.78, 5) is 37.6. The molecule has 1 saturated heterocycles. The highest BCUT2D eigenvalue weighted by atomic mass is 31.1. The van der Waals surface area contributed by atoms with Gasteiger partial charge in [0.1, 0.15) is 11.2 Å². The zero-order chi connectivity index (χ0) is 24.8. The number of rotatable bonds is 10. The van der Waals surface area contributed by atoms with Gasteiger partial charge in [0, 0.05) is 70.0 Å². The van der Waals surface area contributed by atoms with Crippen molar-refractivity contribution >= 4 is 30.2 Å². The van der Waals surface area contributed by atoms with Crippen molar-refractivity contribution in [3.8, 4) is 11.3 Å². The molecule has 1 aromatic carbocycles. The van der Waals surface area contributed by atoms with Gasteiger partial charge in [0.2, 0.25) is 0 Å². The lowest BCUT2D eigenvalue weighted by Crippen LogP contribution is -2.46. The van der Waals surface area contributed by atoms with Crippen molar-refractivity contribution in [2.75, 3.05) is 63.9 Å². The van der Waals surface area contributed by atoms with Gasteiger partial charge in [0.25, 0.3) is 5.56 Å². The summed E-state index contributed by atoms with van der Waals surface area (Å²) in [6, 6.07) is 9.69. The summed E-state index contributed by atoms with van der Waals surface area (Å²) in [7, 11) is 0.447. The van der Waals surface area contributed by atoms with Crippen molar-refractivity contribution < 1.29 is 10.00 Å². The Hall–Kier alpha value is -2.42. The van der Waals surface area contributed by atoms with E-state index >= 15 is 0 Å². The van der Waals surface area contributed by atoms with Crippen LogP contribution in [0.5, 0.6) is 0 Å². The smallest absolute Gasteiger partial charge is 0.264 e. The minimum absolute atomic E-state index is 0.0570. The van der Waals surface area contributed by atoms with Gasteiger partial charge >= 0.3 is 0 Å². The minimum Gasteiger partial charge on any atom is -0.396 e. The van der Waals surface area contributed by atoms with E-state index in [0.717, 1.165) is 56.3 Å². The molecule has 0 saturated carbocycles. The highest BCUT2D eigenvalue weighted by Gasteiger charge is 2.18. The van der Waals surface area contributed by atoms with Crippen LogP contribution in [0.25, 0.3) is 22.2 Å². The molecule has 1 unspecified atom stereocenters. The number of anilines is 1. The van der Waals surface area contributed by atoms with Crippen LogP contribution >= 0.6 is 8.15 Å². The number of nitrogens with one attached hydrogen (secondary N) is 1. The number of aromatic nitrogens is 3. The normalized spacial score (nSPS) is 16.0. The Morgan fingerprint density at radius 3 is 2.51 bits per heavy atom. The van der Waals surface area contributed by atoms with Crippen LogP contribution in [0.3, 0.4) is 0 Å². The van der Waals surface area contributed by atoms with Crippen molar-refractivity contribution in [1.29, 1.82) is 0 Å². The van der Waals surface area contributed by atoms with Crippen molar-refractivity contribution in [2.24, 2.45) is 7.05 Å². The Kier molecular flexibility index (Phi) is 8.81. The first-order chi connectivity index (χ1) is 17.0. The Bertz CT molecular complexity index is 1180. The predicted octanol–water partition coefficient (Wildman–Crippen LogP) is 1.44. The lowest BCUT2D eigenvalue weighted by Gasteiger charge is -2.34. The van der Waals surface area contributed by atoms with Crippen LogP contribution in [0, 0.1) is 0 Å². The molecule has 10 heteroatoms. The Balaban J connectivity index is 1.49. The molecule has 1 aliphatic heterocycles. The molecule has 3 aromatic rings. The van der Waals surface area contributed by atoms with Gasteiger partial charge in [-0.25, -0.2) is 9.97 Å². The van der Waals surface area contributed by atoms with E-state index in [1.165, 1.54) is 10.9 Å². The van der Waals surface area contributed by atoms with Crippen molar-refractivity contribution in [2.45, 2.75) is 13.3 Å². The van der Waals surface area contributed by atoms with Gasteiger partial charge in [-0.15, -0.1) is 0 Å². The van der Waals surface area contributed by atoms with Gasteiger partial charge in [-0.05, 0) is 19.0 Å². The number of aliphatic hydroxyl groups is 1. The number of benzene rings is 1. The van der Waals surface area contributed by atoms with E-state index in [9.17, 15) is 9.69 Å². The summed E-state index contributed by atoms with van der Waals surface area (Å²) >= 11 is 0. The Morgan fingerprint density at radius 2 is 1.83 bits per heavy atom. The summed E-state index contributed by atoms with van der Waals surface area (Å²) < 4.78 is 1.43. The molecule has 4 rings (SSSR count). The third-order valence-electron chi connectivity index (χ3n) is 6.53. The highest BCUT2D eigenvalue weighted by Crippen LogP contribution is 2.30. The molecule has 0 spiro atoms. The summed E-state index contributed by atoms with van der Waals surface area (Å²) in [6.07, 6.45) is 2.83. The fourth-order valence-corrected chi connectivity index (χ4v) is 5.51. The van der Waals surface area contributed by atoms with Gasteiger partial charge in [-0.1, -0.05) is 31.2 Å². The number of nitrogens with zero attached hydrogens (tertiary/aromatic N) is 5. The van der Waals surface area contributed by atoms with Crippen LogP contribution in [0.15, 0.2) is 41.5 Å². The number of aryl methyl sites for hydroxylation is 1. The Morgan fingerprint density at radius 1 is 1.11 bits per heavy atom. The molecule has 188 valence electrons. The van der Waals surface area contributed by atoms with E-state index in [0.29, 0.717) is 35.4 Å². The Labute approximate surface area is 207 Å². The highest BCUT2D eigenvalue weighted by molar-refractivity contribution is 7.59. The molecule has 0 bridgehead atoms. The third kappa shape index (κ3) is 6.23. The SMILES string of the molecule is CCN1CCN(CCP(O)c2ccc(-c3cc4ncn(C)c(=O)c4c(NCCCO)n3)cc2)CC1. The van der Waals surface area contributed by atoms with E-state index in [4.69, 9.17) is 10.1 Å². The second-order valence-electron chi connectivity index (χ2n) is 8.86. The van der Waals surface area contributed by atoms with Gasteiger partial charge in [-0.2, -0.15) is 0 Å². The maximum atomic E-state index is 12.7. The number of aliphatic hydroxyl groups excluding tert-OH is 1. The van der Waals surface area contributed by atoms with Crippen molar-refractivity contribution in [1.82, 2.24) is 24.3 Å². The van der Waals surface area contributed by atoms with Gasteiger partial charge in [0.15, 0.2) is 0 Å². The molecule has 1 atom stereocenters. The number of fused-ring (bicyclic) bond motifs is 1. The van der Waals surface area contributed by atoms with Crippen LogP contribution in [0.1, 0.15) is 13.3 Å². The first-order valence-electron chi connectivity index (χ1n) is 12.2. The second kappa shape index (κ2) is 12.0. The summed E-state index contributed by atoms with van der Waals surface area (Å²) in [6.45, 7) is 9.11. The number of piperazine rings is 1. The summed E-state index contributed by atoms with van der Waals surface area (Å²) in [5.41, 5.74) is 1.99. The fourth-order valence-electron chi connectivity index (χ4n) is 4.28. The molecule has 2 aromatic heterocycles. The van der Waals surface area contributed by atoms with Crippen LogP contribution < -0.4 is 16.2 Å². The third-order valence-corrected chi connectivity index (χ3v) is 8.05. The zero-order valence-electron chi connectivity index (χ0n) is 20.5. The van der Waals surface area contributed by atoms with Gasteiger partial charge in [0.05, 0.1) is 25.7 Å². The molecule has 1 aliphatic rings. The van der Waals surface area contributed by atoms with Gasteiger partial charge in [-0.3, -0.25) is 4.79 Å². The van der Waals surface area contributed by atoms with Gasteiger partial charge < -0.3 is 29.7 Å². The van der Waals surface area contributed by atoms with Crippen LogP contribution in [-0.2, 0) is 7.05 Å². The average molecular weight is 499 g/mol. The summed E-state index contributed by atoms with van der Waals surface area (Å²) in [5, 5.41) is 13.7. The molecule has 35 heavy (non-hydrogen) atoms. The van der Waals surface area contributed by atoms with Crippen LogP contribution in [0.4, 0.5) is 5.82 Å². The first kappa shape index (κ1) is 25.7. The molecular formula is C25H35N6O3P. The van der Waals surface area contributed by atoms with Crippen molar-refractivity contribution in [3.63, 3.8) is 0 Å². The molecule has 1 fully saturated rings. The number of likely N-dealkylation sites (N-methyl/N-ethyl adjacent to an activating group) is 1. The molecule has 0 aliphatic carbocycles. The second-order valence-corrected chi connectivity index (χ2v) is 10.6. The van der Waals surface area contributed by atoms with E-state index in [2.05, 4.69) is 27.0 Å². The lowest BCUT2D eigenvalue weighted by molar-refractivity contribution is 0.143. The van der Waals surface area contributed by atoms with E-state index < -0.39 is 8.15 Å². The predicted molar refractivity (Wildman–Crippen MR) is 143 cm³/mol. The van der Waals surface area contributed by atoms with Crippen LogP contribution in [0.2, 0.25) is 0 Å². The van der Waals surface area contributed by atoms with E-state index in [1.807, 2.05) is 30.3 Å². The quantitative estimate of drug-likeness (QED) is 0.285. The van der Waals surface area contributed by atoms with Crippen molar-refractivity contribution in [3.05, 3.63) is 47.0 Å². The monoisotopic (exact) mass is 498 g/mol.